The maximum atomic E-state index is 12.6. The minimum Gasteiger partial charge on any atom is -0.507 e. The fourth-order valence-corrected chi connectivity index (χ4v) is 6.36. The van der Waals surface area contributed by atoms with Gasteiger partial charge in [0.1, 0.15) is 47.9 Å². The highest BCUT2D eigenvalue weighted by Crippen LogP contribution is 2.45. The van der Waals surface area contributed by atoms with E-state index in [0.717, 1.165) is 44.6 Å². The number of carbonyl (C=O) groups is 1. The molecule has 0 radical (unpaired) electrons. The number of aliphatic hydroxyl groups is 3. The lowest BCUT2D eigenvalue weighted by Crippen LogP contribution is -2.60. The summed E-state index contributed by atoms with van der Waals surface area (Å²) in [5.41, 5.74) is 0.311. The number of aromatic hydroxyl groups is 3. The van der Waals surface area contributed by atoms with Gasteiger partial charge in [-0.2, -0.15) is 0 Å². The van der Waals surface area contributed by atoms with Crippen LogP contribution in [-0.2, 0) is 14.3 Å². The SMILES string of the molecule is CCCCCCCC/C=C\CCCCCCCC(=O)OC[C@H]1O[C@@H](Oc2cc3c(O)cc(O)cc3[o+]c2-c2cc(OC)c(O)c(OC)c2)[C@H](O)[C@@H](O)[C@@H]1O. The monoisotopic (exact) mass is 757 g/mol. The number of rotatable bonds is 22. The van der Waals surface area contributed by atoms with Crippen molar-refractivity contribution >= 4 is 16.9 Å². The van der Waals surface area contributed by atoms with Crippen molar-refractivity contribution in [1.29, 1.82) is 0 Å². The smallest absolute Gasteiger partial charge is 0.402 e. The van der Waals surface area contributed by atoms with E-state index in [0.29, 0.717) is 6.42 Å². The summed E-state index contributed by atoms with van der Waals surface area (Å²) in [6, 6.07) is 6.58. The number of phenols is 3. The number of carbonyl (C=O) groups excluding carboxylic acids is 1. The average molecular weight is 758 g/mol. The van der Waals surface area contributed by atoms with E-state index in [2.05, 4.69) is 19.1 Å². The molecule has 1 fully saturated rings. The van der Waals surface area contributed by atoms with E-state index in [9.17, 15) is 35.4 Å². The molecule has 0 spiro atoms. The molecule has 0 bridgehead atoms. The van der Waals surface area contributed by atoms with Gasteiger partial charge in [0.05, 0.1) is 25.8 Å². The topological polar surface area (TPSA) is 196 Å². The Hall–Kier alpha value is -4.30. The molecule has 0 unspecified atom stereocenters. The number of methoxy groups -OCH3 is 2. The Morgan fingerprint density at radius 1 is 0.759 bits per heavy atom. The summed E-state index contributed by atoms with van der Waals surface area (Å²) in [7, 11) is 2.68. The van der Waals surface area contributed by atoms with Gasteiger partial charge in [-0.05, 0) is 32.1 Å². The number of phenolic OH excluding ortho intramolecular Hbond substituents is 3. The van der Waals surface area contributed by atoms with Crippen LogP contribution in [0.15, 0.2) is 46.9 Å². The number of benzene rings is 2. The molecule has 0 saturated carbocycles. The van der Waals surface area contributed by atoms with E-state index >= 15 is 0 Å². The van der Waals surface area contributed by atoms with E-state index in [-0.39, 0.29) is 63.2 Å². The minimum atomic E-state index is -1.76. The lowest BCUT2D eigenvalue weighted by Gasteiger charge is -2.39. The molecule has 1 saturated heterocycles. The van der Waals surface area contributed by atoms with Gasteiger partial charge in [-0.15, -0.1) is 0 Å². The quantitative estimate of drug-likeness (QED) is 0.0259. The number of unbranched alkanes of at least 4 members (excludes halogenated alkanes) is 11. The average Bonchev–Trinajstić information content (AvgIpc) is 3.16. The van der Waals surface area contributed by atoms with Gasteiger partial charge < -0.3 is 54.3 Å². The van der Waals surface area contributed by atoms with Crippen molar-refractivity contribution in [3.05, 3.63) is 42.5 Å². The first-order chi connectivity index (χ1) is 26.1. The zero-order valence-corrected chi connectivity index (χ0v) is 31.6. The molecule has 1 aliphatic heterocycles. The Morgan fingerprint density at radius 3 is 2.00 bits per heavy atom. The van der Waals surface area contributed by atoms with Crippen LogP contribution in [0, 0.1) is 0 Å². The van der Waals surface area contributed by atoms with Gasteiger partial charge in [0.15, 0.2) is 11.5 Å². The summed E-state index contributed by atoms with van der Waals surface area (Å²) >= 11 is 0. The molecule has 2 aromatic carbocycles. The third kappa shape index (κ3) is 11.8. The van der Waals surface area contributed by atoms with Gasteiger partial charge in [-0.25, -0.2) is 4.42 Å². The number of allylic oxidation sites excluding steroid dienone is 2. The van der Waals surface area contributed by atoms with E-state index in [1.165, 1.54) is 77.0 Å². The summed E-state index contributed by atoms with van der Waals surface area (Å²) in [5, 5.41) is 63.5. The summed E-state index contributed by atoms with van der Waals surface area (Å²) in [6.45, 7) is 1.83. The molecule has 54 heavy (non-hydrogen) atoms. The zero-order valence-electron chi connectivity index (χ0n) is 31.6. The number of hydrogen-bond donors (Lipinski definition) is 6. The van der Waals surface area contributed by atoms with Crippen LogP contribution in [0.1, 0.15) is 96.8 Å². The first kappa shape index (κ1) is 42.4. The predicted octanol–water partition coefficient (Wildman–Crippen LogP) is 7.28. The second-order valence-electron chi connectivity index (χ2n) is 13.7. The normalized spacial score (nSPS) is 20.0. The van der Waals surface area contributed by atoms with E-state index in [1.807, 2.05) is 0 Å². The van der Waals surface area contributed by atoms with Crippen LogP contribution in [0.25, 0.3) is 22.3 Å². The molecular weight excluding hydrogens is 700 g/mol. The van der Waals surface area contributed by atoms with Gasteiger partial charge in [0.25, 0.3) is 0 Å². The molecule has 13 nitrogen and oxygen atoms in total. The van der Waals surface area contributed by atoms with Crippen molar-refractivity contribution in [1.82, 2.24) is 0 Å². The molecule has 3 aromatic rings. The molecule has 0 aliphatic carbocycles. The zero-order chi connectivity index (χ0) is 39.0. The molecule has 4 rings (SSSR count). The second kappa shape index (κ2) is 21.6. The molecule has 1 aliphatic rings. The first-order valence-corrected chi connectivity index (χ1v) is 19.0. The number of esters is 1. The molecule has 5 atom stereocenters. The third-order valence-electron chi connectivity index (χ3n) is 9.52. The van der Waals surface area contributed by atoms with Crippen molar-refractivity contribution in [3.8, 4) is 45.8 Å². The van der Waals surface area contributed by atoms with E-state index in [4.69, 9.17) is 28.1 Å². The highest BCUT2D eigenvalue weighted by Gasteiger charge is 2.46. The Morgan fingerprint density at radius 2 is 1.37 bits per heavy atom. The van der Waals surface area contributed by atoms with Crippen molar-refractivity contribution in [2.75, 3.05) is 20.8 Å². The largest absolute Gasteiger partial charge is 0.507 e. The lowest BCUT2D eigenvalue weighted by atomic mass is 9.99. The fraction of sp³-hybridized carbons (Fsp3) is 0.561. The van der Waals surface area contributed by atoms with Crippen LogP contribution in [0.4, 0.5) is 0 Å². The van der Waals surface area contributed by atoms with Gasteiger partial charge >= 0.3 is 17.3 Å². The summed E-state index contributed by atoms with van der Waals surface area (Å²) in [6.07, 6.45) is 11.6. The highest BCUT2D eigenvalue weighted by atomic mass is 16.7. The number of hydrogen-bond acceptors (Lipinski definition) is 12. The standard InChI is InChI=1S/C41H56O13/c1-4-5-6-7-8-9-10-11-12-13-14-15-16-17-18-19-35(44)51-25-34-37(46)38(47)39(48)41(54-34)53-33-24-28-29(43)22-27(42)23-30(28)52-40(33)26-20-31(49-2)36(45)32(21-26)50-3/h11-12,20-24,34,37-39,41,46-48H,4-10,13-19,25H2,1-3H3,(H2-,42,43,45)/p+1/b12-11-/t34-,37-,38+,39-,41-/m1/s1. The van der Waals surface area contributed by atoms with Gasteiger partial charge in [0, 0.05) is 30.7 Å². The Balaban J connectivity index is 1.32. The van der Waals surface area contributed by atoms with Crippen LogP contribution in [-0.4, -0.2) is 88.1 Å². The maximum absolute atomic E-state index is 12.6. The number of fused-ring (bicyclic) bond motifs is 1. The van der Waals surface area contributed by atoms with Crippen LogP contribution in [0.5, 0.6) is 34.5 Å². The minimum absolute atomic E-state index is 0.0246. The molecule has 0 amide bonds. The van der Waals surface area contributed by atoms with Gasteiger partial charge in [-0.1, -0.05) is 70.4 Å². The van der Waals surface area contributed by atoms with Gasteiger partial charge in [-0.3, -0.25) is 4.79 Å². The summed E-state index contributed by atoms with van der Waals surface area (Å²) < 4.78 is 33.9. The summed E-state index contributed by atoms with van der Waals surface area (Å²) in [5.74, 6) is -1.45. The number of ether oxygens (including phenoxy) is 5. The molecule has 298 valence electrons. The third-order valence-corrected chi connectivity index (χ3v) is 9.52. The molecule has 6 N–H and O–H groups in total. The maximum Gasteiger partial charge on any atom is 0.402 e. The molecule has 2 heterocycles. The molecule has 1 aromatic heterocycles. The van der Waals surface area contributed by atoms with Crippen molar-refractivity contribution in [3.63, 3.8) is 0 Å². The van der Waals surface area contributed by atoms with Crippen molar-refractivity contribution in [2.45, 2.75) is 128 Å². The van der Waals surface area contributed by atoms with Crippen molar-refractivity contribution < 1.29 is 63.5 Å². The van der Waals surface area contributed by atoms with Crippen molar-refractivity contribution in [2.24, 2.45) is 0 Å². The Labute approximate surface area is 316 Å². The van der Waals surface area contributed by atoms with E-state index < -0.39 is 43.3 Å². The lowest BCUT2D eigenvalue weighted by molar-refractivity contribution is -0.278. The Kier molecular flexibility index (Phi) is 16.9. The second-order valence-corrected chi connectivity index (χ2v) is 13.7. The van der Waals surface area contributed by atoms with Crippen LogP contribution >= 0.6 is 0 Å². The van der Waals surface area contributed by atoms with Gasteiger partial charge in [0.2, 0.25) is 17.8 Å². The van der Waals surface area contributed by atoms with Crippen LogP contribution < -0.4 is 14.2 Å². The predicted molar refractivity (Wildman–Crippen MR) is 202 cm³/mol. The highest BCUT2D eigenvalue weighted by molar-refractivity contribution is 5.88. The first-order valence-electron chi connectivity index (χ1n) is 19.0. The van der Waals surface area contributed by atoms with Crippen LogP contribution in [0.2, 0.25) is 0 Å². The van der Waals surface area contributed by atoms with E-state index in [1.54, 1.807) is 0 Å². The fourth-order valence-electron chi connectivity index (χ4n) is 6.36. The summed E-state index contributed by atoms with van der Waals surface area (Å²) in [4.78, 5) is 12.6. The number of aliphatic hydroxyl groups excluding tert-OH is 3. The van der Waals surface area contributed by atoms with Crippen LogP contribution in [0.3, 0.4) is 0 Å². The molecular formula is C41H57O13+. The molecule has 13 heteroatoms. The Bertz CT molecular complexity index is 1630.